The van der Waals surface area contributed by atoms with Crippen molar-refractivity contribution in [3.63, 3.8) is 0 Å². The summed E-state index contributed by atoms with van der Waals surface area (Å²) in [5, 5.41) is 8.79. The standard InChI is InChI=1S/C19H26N6O3.C4H11N/c1-5-25(3)19-12(2)22-16(17(20)27)18(24-19)23-14-8-13(6-7-21-11-26)9-15(10-14)28-4;1-4(2)5-3/h8-11H,5-7H2,1-4H3,(H2,20,27)(H,21,26)(H,23,24);4-5H,1-3H3. The van der Waals surface area contributed by atoms with Crippen LogP contribution < -0.4 is 31.3 Å². The molecule has 10 heteroatoms. The molecule has 2 aromatic rings. The normalized spacial score (nSPS) is 10.2. The highest BCUT2D eigenvalue weighted by Gasteiger charge is 2.18. The zero-order valence-corrected chi connectivity index (χ0v) is 20.7. The molecule has 0 unspecified atom stereocenters. The molecule has 0 bridgehead atoms. The summed E-state index contributed by atoms with van der Waals surface area (Å²) >= 11 is 0. The first-order valence-corrected chi connectivity index (χ1v) is 10.9. The predicted molar refractivity (Wildman–Crippen MR) is 132 cm³/mol. The minimum atomic E-state index is -0.665. The van der Waals surface area contributed by atoms with Gasteiger partial charge in [-0.25, -0.2) is 9.97 Å². The molecule has 1 aromatic carbocycles. The quantitative estimate of drug-likeness (QED) is 0.296. The Morgan fingerprint density at radius 3 is 2.45 bits per heavy atom. The van der Waals surface area contributed by atoms with Crippen molar-refractivity contribution in [3.8, 4) is 5.75 Å². The summed E-state index contributed by atoms with van der Waals surface area (Å²) in [4.78, 5) is 33.2. The van der Waals surface area contributed by atoms with E-state index in [1.54, 1.807) is 20.1 Å². The van der Waals surface area contributed by atoms with Crippen LogP contribution in [-0.4, -0.2) is 62.6 Å². The first-order valence-electron chi connectivity index (χ1n) is 10.9. The van der Waals surface area contributed by atoms with Crippen molar-refractivity contribution in [2.24, 2.45) is 5.73 Å². The lowest BCUT2D eigenvalue weighted by Gasteiger charge is -2.20. The highest BCUT2D eigenvalue weighted by Crippen LogP contribution is 2.27. The monoisotopic (exact) mass is 459 g/mol. The minimum absolute atomic E-state index is 0.0674. The fraction of sp³-hybridized carbons (Fsp3) is 0.478. The number of hydrogen-bond donors (Lipinski definition) is 4. The average Bonchev–Trinajstić information content (AvgIpc) is 2.79. The maximum absolute atomic E-state index is 11.9. The molecule has 33 heavy (non-hydrogen) atoms. The van der Waals surface area contributed by atoms with E-state index in [1.165, 1.54) is 0 Å². The van der Waals surface area contributed by atoms with E-state index in [4.69, 9.17) is 10.5 Å². The molecule has 2 rings (SSSR count). The number of aromatic nitrogens is 2. The van der Waals surface area contributed by atoms with Crippen LogP contribution in [-0.2, 0) is 11.2 Å². The van der Waals surface area contributed by atoms with Gasteiger partial charge in [-0.15, -0.1) is 0 Å². The van der Waals surface area contributed by atoms with Crippen molar-refractivity contribution in [1.29, 1.82) is 0 Å². The molecule has 5 N–H and O–H groups in total. The molecule has 0 saturated carbocycles. The fourth-order valence-corrected chi connectivity index (χ4v) is 2.69. The number of ether oxygens (including phenoxy) is 1. The van der Waals surface area contributed by atoms with Crippen molar-refractivity contribution < 1.29 is 14.3 Å². The number of rotatable bonds is 11. The molecule has 182 valence electrons. The largest absolute Gasteiger partial charge is 0.497 e. The highest BCUT2D eigenvalue weighted by atomic mass is 16.5. The molecule has 0 saturated heterocycles. The van der Waals surface area contributed by atoms with Crippen LogP contribution in [0, 0.1) is 6.92 Å². The number of amides is 2. The predicted octanol–water partition coefficient (Wildman–Crippen LogP) is 1.99. The van der Waals surface area contributed by atoms with Crippen LogP contribution in [0.5, 0.6) is 5.75 Å². The number of carbonyl (C=O) groups excluding carboxylic acids is 2. The second kappa shape index (κ2) is 13.9. The Labute approximate surface area is 196 Å². The van der Waals surface area contributed by atoms with E-state index in [0.717, 1.165) is 12.1 Å². The van der Waals surface area contributed by atoms with Gasteiger partial charge < -0.3 is 31.3 Å². The van der Waals surface area contributed by atoms with Crippen LogP contribution in [0.2, 0.25) is 0 Å². The van der Waals surface area contributed by atoms with Crippen molar-refractivity contribution in [2.45, 2.75) is 40.2 Å². The number of nitrogens with two attached hydrogens (primary N) is 1. The molecule has 1 heterocycles. The fourth-order valence-electron chi connectivity index (χ4n) is 2.69. The third kappa shape index (κ3) is 8.93. The van der Waals surface area contributed by atoms with Gasteiger partial charge in [0, 0.05) is 37.9 Å². The number of nitrogens with one attached hydrogen (secondary N) is 3. The minimum Gasteiger partial charge on any atom is -0.497 e. The first-order chi connectivity index (χ1) is 15.7. The maximum atomic E-state index is 11.9. The second-order valence-electron chi connectivity index (χ2n) is 7.67. The number of carbonyl (C=O) groups is 2. The Morgan fingerprint density at radius 2 is 1.94 bits per heavy atom. The highest BCUT2D eigenvalue weighted by molar-refractivity contribution is 5.96. The smallest absolute Gasteiger partial charge is 0.271 e. The average molecular weight is 460 g/mol. The summed E-state index contributed by atoms with van der Waals surface area (Å²) in [6.07, 6.45) is 1.28. The SMILES string of the molecule is CCN(C)c1nc(Nc2cc(CCNC=O)cc(OC)c2)c(C(N)=O)nc1C.CNC(C)C. The van der Waals surface area contributed by atoms with Crippen LogP contribution in [0.1, 0.15) is 42.5 Å². The Morgan fingerprint density at radius 1 is 1.27 bits per heavy atom. The van der Waals surface area contributed by atoms with Gasteiger partial charge >= 0.3 is 0 Å². The molecule has 0 fully saturated rings. The number of benzene rings is 1. The number of anilines is 3. The van der Waals surface area contributed by atoms with Crippen LogP contribution in [0.15, 0.2) is 18.2 Å². The molecule has 0 aliphatic carbocycles. The van der Waals surface area contributed by atoms with Gasteiger partial charge in [-0.3, -0.25) is 9.59 Å². The Balaban J connectivity index is 0.000000981. The van der Waals surface area contributed by atoms with Crippen molar-refractivity contribution >= 4 is 29.6 Å². The summed E-state index contributed by atoms with van der Waals surface area (Å²) in [5.74, 6) is 0.909. The van der Waals surface area contributed by atoms with E-state index < -0.39 is 5.91 Å². The van der Waals surface area contributed by atoms with Crippen LogP contribution in [0.25, 0.3) is 0 Å². The van der Waals surface area contributed by atoms with Gasteiger partial charge in [-0.05, 0) is 45.0 Å². The Kier molecular flexibility index (Phi) is 11.6. The summed E-state index contributed by atoms with van der Waals surface area (Å²) in [6, 6.07) is 6.19. The summed E-state index contributed by atoms with van der Waals surface area (Å²) in [6.45, 7) is 9.24. The van der Waals surface area contributed by atoms with Crippen molar-refractivity contribution in [1.82, 2.24) is 20.6 Å². The first kappa shape index (κ1) is 27.6. The molecule has 0 radical (unpaired) electrons. The lowest BCUT2D eigenvalue weighted by Crippen LogP contribution is -2.23. The molecule has 1 aromatic heterocycles. The van der Waals surface area contributed by atoms with Gasteiger partial charge in [0.25, 0.3) is 5.91 Å². The molecule has 10 nitrogen and oxygen atoms in total. The number of methoxy groups -OCH3 is 1. The Bertz CT molecular complexity index is 919. The van der Waals surface area contributed by atoms with Gasteiger partial charge in [-0.2, -0.15) is 0 Å². The van der Waals surface area contributed by atoms with Gasteiger partial charge in [-0.1, -0.05) is 13.8 Å². The van der Waals surface area contributed by atoms with E-state index in [9.17, 15) is 9.59 Å². The zero-order valence-electron chi connectivity index (χ0n) is 20.7. The molecule has 0 aliphatic heterocycles. The maximum Gasteiger partial charge on any atom is 0.271 e. The van der Waals surface area contributed by atoms with Gasteiger partial charge in [0.05, 0.1) is 12.8 Å². The summed E-state index contributed by atoms with van der Waals surface area (Å²) in [7, 11) is 5.42. The summed E-state index contributed by atoms with van der Waals surface area (Å²) < 4.78 is 5.35. The molecular weight excluding hydrogens is 422 g/mol. The number of nitrogens with zero attached hydrogens (tertiary/aromatic N) is 3. The van der Waals surface area contributed by atoms with E-state index in [-0.39, 0.29) is 11.5 Å². The van der Waals surface area contributed by atoms with Crippen molar-refractivity contribution in [3.05, 3.63) is 35.2 Å². The Hall–Kier alpha value is -3.40. The van der Waals surface area contributed by atoms with E-state index in [1.807, 2.05) is 38.1 Å². The lowest BCUT2D eigenvalue weighted by molar-refractivity contribution is -0.109. The summed E-state index contributed by atoms with van der Waals surface area (Å²) in [5.41, 5.74) is 7.81. The molecule has 2 amide bonds. The van der Waals surface area contributed by atoms with Gasteiger partial charge in [0.2, 0.25) is 6.41 Å². The lowest BCUT2D eigenvalue weighted by atomic mass is 10.1. The number of primary amides is 1. The molecule has 0 atom stereocenters. The van der Waals surface area contributed by atoms with E-state index >= 15 is 0 Å². The number of aryl methyl sites for hydroxylation is 1. The second-order valence-corrected chi connectivity index (χ2v) is 7.67. The van der Waals surface area contributed by atoms with Gasteiger partial charge in [0.1, 0.15) is 5.75 Å². The van der Waals surface area contributed by atoms with Crippen LogP contribution >= 0.6 is 0 Å². The third-order valence-electron chi connectivity index (χ3n) is 4.80. The molecule has 0 spiro atoms. The van der Waals surface area contributed by atoms with Crippen LogP contribution in [0.4, 0.5) is 17.3 Å². The third-order valence-corrected chi connectivity index (χ3v) is 4.80. The topological polar surface area (TPSA) is 134 Å². The molecule has 0 aliphatic rings. The molecular formula is C23H37N7O3. The van der Waals surface area contributed by atoms with E-state index in [2.05, 4.69) is 39.8 Å². The van der Waals surface area contributed by atoms with Crippen LogP contribution in [0.3, 0.4) is 0 Å². The zero-order chi connectivity index (χ0) is 25.0. The van der Waals surface area contributed by atoms with Gasteiger partial charge in [0.15, 0.2) is 17.3 Å². The van der Waals surface area contributed by atoms with E-state index in [0.29, 0.717) is 48.4 Å². The number of hydrogen-bond acceptors (Lipinski definition) is 8. The van der Waals surface area contributed by atoms with Crippen molar-refractivity contribution in [2.75, 3.05) is 44.5 Å².